The number of hydrogen-bond acceptors (Lipinski definition) is 4. The van der Waals surface area contributed by atoms with Crippen molar-refractivity contribution < 1.29 is 14.3 Å². The second kappa shape index (κ2) is 4.50. The van der Waals surface area contributed by atoms with Crippen LogP contribution in [0.4, 0.5) is 0 Å². The fraction of sp³-hybridized carbons (Fsp3) is 0.467. The average Bonchev–Trinajstić information content (AvgIpc) is 2.46. The molecule has 2 heterocycles. The number of ether oxygens (including phenoxy) is 2. The summed E-state index contributed by atoms with van der Waals surface area (Å²) in [7, 11) is 0. The molecular weight excluding hydrogens is 256 g/mol. The quantitative estimate of drug-likeness (QED) is 0.729. The molecule has 3 rings (SSSR count). The largest absolute Gasteiger partial charge is 0.485 e. The number of morpholine rings is 1. The van der Waals surface area contributed by atoms with Crippen molar-refractivity contribution in [2.75, 3.05) is 13.2 Å². The van der Waals surface area contributed by atoms with Crippen molar-refractivity contribution in [1.82, 2.24) is 4.90 Å². The maximum absolute atomic E-state index is 11.4. The molecule has 1 amide bonds. The van der Waals surface area contributed by atoms with Crippen LogP contribution in [-0.4, -0.2) is 36.2 Å². The molecule has 1 aromatic carbocycles. The van der Waals surface area contributed by atoms with Crippen LogP contribution in [0.15, 0.2) is 18.2 Å². The predicted octanol–water partition coefficient (Wildman–Crippen LogP) is 1.63. The predicted molar refractivity (Wildman–Crippen MR) is 71.1 cm³/mol. The Bertz CT molecular complexity index is 591. The van der Waals surface area contributed by atoms with Gasteiger partial charge in [-0.1, -0.05) is 0 Å². The van der Waals surface area contributed by atoms with Gasteiger partial charge in [0.2, 0.25) is 6.41 Å². The fourth-order valence-electron chi connectivity index (χ4n) is 3.01. The summed E-state index contributed by atoms with van der Waals surface area (Å²) >= 11 is 0. The molecule has 0 aromatic heterocycles. The SMILES string of the molecule is CC1(C)Oc2ccc(C#N)cc2[C@@H]2[C@@H]1OCCN2C=O. The number of fused-ring (bicyclic) bond motifs is 3. The van der Waals surface area contributed by atoms with Crippen LogP contribution in [0.1, 0.15) is 31.0 Å². The van der Waals surface area contributed by atoms with Crippen LogP contribution in [0.2, 0.25) is 0 Å². The number of rotatable bonds is 1. The fourth-order valence-corrected chi connectivity index (χ4v) is 3.01. The van der Waals surface area contributed by atoms with Crippen LogP contribution in [-0.2, 0) is 9.53 Å². The molecule has 1 fully saturated rings. The standard InChI is InChI=1S/C15H16N2O3/c1-15(2)14-13(17(9-18)5-6-19-14)11-7-10(8-16)3-4-12(11)20-15/h3-4,7,9,13-14H,5-6H2,1-2H3/t13-,14+/m1/s1. The third-order valence-electron chi connectivity index (χ3n) is 3.94. The molecule has 0 N–H and O–H groups in total. The number of amides is 1. The molecule has 2 atom stereocenters. The highest BCUT2D eigenvalue weighted by atomic mass is 16.6. The Morgan fingerprint density at radius 2 is 2.30 bits per heavy atom. The third-order valence-corrected chi connectivity index (χ3v) is 3.94. The first-order chi connectivity index (χ1) is 9.56. The molecule has 0 unspecified atom stereocenters. The second-order valence-corrected chi connectivity index (χ2v) is 5.65. The lowest BCUT2D eigenvalue weighted by atomic mass is 9.84. The van der Waals surface area contributed by atoms with Crippen molar-refractivity contribution in [2.45, 2.75) is 31.6 Å². The van der Waals surface area contributed by atoms with Crippen LogP contribution in [0.5, 0.6) is 5.75 Å². The molecule has 5 nitrogen and oxygen atoms in total. The van der Waals surface area contributed by atoms with Gasteiger partial charge in [-0.3, -0.25) is 4.79 Å². The molecule has 0 saturated carbocycles. The summed E-state index contributed by atoms with van der Waals surface area (Å²) in [6.07, 6.45) is 0.618. The lowest BCUT2D eigenvalue weighted by Gasteiger charge is -2.50. The lowest BCUT2D eigenvalue weighted by Crippen LogP contribution is -2.58. The first kappa shape index (κ1) is 12.9. The molecule has 1 saturated heterocycles. The Hall–Kier alpha value is -2.06. The van der Waals surface area contributed by atoms with E-state index in [-0.39, 0.29) is 12.1 Å². The highest BCUT2D eigenvalue weighted by Gasteiger charge is 2.48. The van der Waals surface area contributed by atoms with Crippen LogP contribution >= 0.6 is 0 Å². The molecular formula is C15H16N2O3. The molecule has 104 valence electrons. The minimum Gasteiger partial charge on any atom is -0.485 e. The van der Waals surface area contributed by atoms with E-state index in [0.29, 0.717) is 24.5 Å². The lowest BCUT2D eigenvalue weighted by molar-refractivity contribution is -0.166. The molecule has 0 aliphatic carbocycles. The maximum Gasteiger partial charge on any atom is 0.210 e. The van der Waals surface area contributed by atoms with Crippen molar-refractivity contribution >= 4 is 6.41 Å². The zero-order valence-electron chi connectivity index (χ0n) is 11.5. The van der Waals surface area contributed by atoms with Gasteiger partial charge < -0.3 is 14.4 Å². The van der Waals surface area contributed by atoms with E-state index in [1.165, 1.54) is 0 Å². The molecule has 0 spiro atoms. The molecule has 0 bridgehead atoms. The van der Waals surface area contributed by atoms with E-state index in [0.717, 1.165) is 12.0 Å². The number of carbonyl (C=O) groups excluding carboxylic acids is 1. The maximum atomic E-state index is 11.4. The zero-order valence-corrected chi connectivity index (χ0v) is 11.5. The summed E-state index contributed by atoms with van der Waals surface area (Å²) < 4.78 is 11.9. The van der Waals surface area contributed by atoms with Gasteiger partial charge in [0.1, 0.15) is 17.5 Å². The summed E-state index contributed by atoms with van der Waals surface area (Å²) in [5.74, 6) is 0.715. The van der Waals surface area contributed by atoms with Crippen molar-refractivity contribution in [3.63, 3.8) is 0 Å². The van der Waals surface area contributed by atoms with Crippen LogP contribution < -0.4 is 4.74 Å². The van der Waals surface area contributed by atoms with Crippen LogP contribution in [0, 0.1) is 11.3 Å². The molecule has 2 aliphatic heterocycles. The summed E-state index contributed by atoms with van der Waals surface area (Å²) in [5, 5.41) is 9.06. The summed E-state index contributed by atoms with van der Waals surface area (Å²) in [6.45, 7) is 4.97. The highest BCUT2D eigenvalue weighted by Crippen LogP contribution is 2.45. The van der Waals surface area contributed by atoms with Crippen molar-refractivity contribution in [1.29, 1.82) is 5.26 Å². The number of nitriles is 1. The smallest absolute Gasteiger partial charge is 0.210 e. The van der Waals surface area contributed by atoms with E-state index in [9.17, 15) is 4.79 Å². The van der Waals surface area contributed by atoms with Crippen LogP contribution in [0.3, 0.4) is 0 Å². The minimum atomic E-state index is -0.520. The molecule has 0 radical (unpaired) electrons. The van der Waals surface area contributed by atoms with E-state index < -0.39 is 5.60 Å². The van der Waals surface area contributed by atoms with E-state index in [1.54, 1.807) is 23.1 Å². The Morgan fingerprint density at radius 3 is 3.00 bits per heavy atom. The minimum absolute atomic E-state index is 0.201. The summed E-state index contributed by atoms with van der Waals surface area (Å²) in [4.78, 5) is 13.1. The van der Waals surface area contributed by atoms with Gasteiger partial charge in [0.05, 0.1) is 24.3 Å². The first-order valence-corrected chi connectivity index (χ1v) is 6.62. The van der Waals surface area contributed by atoms with Crippen molar-refractivity contribution in [2.24, 2.45) is 0 Å². The van der Waals surface area contributed by atoms with Gasteiger partial charge in [-0.15, -0.1) is 0 Å². The zero-order chi connectivity index (χ0) is 14.3. The molecule has 20 heavy (non-hydrogen) atoms. The van der Waals surface area contributed by atoms with Gasteiger partial charge in [0, 0.05) is 12.1 Å². The highest BCUT2D eigenvalue weighted by molar-refractivity contribution is 5.53. The Labute approximate surface area is 117 Å². The van der Waals surface area contributed by atoms with Gasteiger partial charge >= 0.3 is 0 Å². The number of hydrogen-bond donors (Lipinski definition) is 0. The monoisotopic (exact) mass is 272 g/mol. The first-order valence-electron chi connectivity index (χ1n) is 6.62. The van der Waals surface area contributed by atoms with Crippen LogP contribution in [0.25, 0.3) is 0 Å². The third kappa shape index (κ3) is 1.84. The van der Waals surface area contributed by atoms with E-state index in [4.69, 9.17) is 14.7 Å². The normalized spacial score (nSPS) is 26.8. The van der Waals surface area contributed by atoms with Gasteiger partial charge in [-0.05, 0) is 32.0 Å². The average molecular weight is 272 g/mol. The van der Waals surface area contributed by atoms with E-state index in [1.807, 2.05) is 13.8 Å². The summed E-state index contributed by atoms with van der Waals surface area (Å²) in [5.41, 5.74) is 0.885. The Balaban J connectivity index is 2.15. The topological polar surface area (TPSA) is 62.6 Å². The van der Waals surface area contributed by atoms with E-state index in [2.05, 4.69) is 6.07 Å². The number of nitrogens with zero attached hydrogens (tertiary/aromatic N) is 2. The van der Waals surface area contributed by atoms with E-state index >= 15 is 0 Å². The van der Waals surface area contributed by atoms with Gasteiger partial charge in [0.25, 0.3) is 0 Å². The van der Waals surface area contributed by atoms with Gasteiger partial charge in [0.15, 0.2) is 0 Å². The molecule has 1 aromatic rings. The number of benzene rings is 1. The van der Waals surface area contributed by atoms with Gasteiger partial charge in [-0.25, -0.2) is 0 Å². The summed E-state index contributed by atoms with van der Waals surface area (Å²) in [6, 6.07) is 7.23. The Morgan fingerprint density at radius 1 is 1.50 bits per heavy atom. The van der Waals surface area contributed by atoms with Crippen molar-refractivity contribution in [3.8, 4) is 11.8 Å². The Kier molecular flexibility index (Phi) is 2.91. The molecule has 2 aliphatic rings. The number of carbonyl (C=O) groups is 1. The molecule has 5 heteroatoms. The second-order valence-electron chi connectivity index (χ2n) is 5.65. The van der Waals surface area contributed by atoms with Crippen molar-refractivity contribution in [3.05, 3.63) is 29.3 Å². The van der Waals surface area contributed by atoms with Gasteiger partial charge in [-0.2, -0.15) is 5.26 Å².